The number of amides is 2. The number of nitrogens with zero attached hydrogens (tertiary/aromatic N) is 1. The van der Waals surface area contributed by atoms with Gasteiger partial charge in [-0.2, -0.15) is 4.99 Å². The first-order valence-electron chi connectivity index (χ1n) is 8.40. The van der Waals surface area contributed by atoms with E-state index in [0.29, 0.717) is 32.0 Å². The van der Waals surface area contributed by atoms with E-state index in [9.17, 15) is 9.59 Å². The summed E-state index contributed by atoms with van der Waals surface area (Å²) in [6, 6.07) is 10.6. The van der Waals surface area contributed by atoms with Crippen LogP contribution in [-0.4, -0.2) is 24.1 Å². The molecular weight excluding hydrogens is 435 g/mol. The molecule has 9 heteroatoms. The molecule has 0 radical (unpaired) electrons. The molecule has 150 valence electrons. The van der Waals surface area contributed by atoms with Crippen molar-refractivity contribution < 1.29 is 19.1 Å². The van der Waals surface area contributed by atoms with E-state index >= 15 is 0 Å². The van der Waals surface area contributed by atoms with Gasteiger partial charge in [-0.3, -0.25) is 9.59 Å². The standard InChI is InChI=1S/C20H16Cl2N2O4S/c1-11(25)23-20-24-19(26)17(29-20)9-13-7-15(22)18(16(8-13)27-2)28-10-12-3-5-14(21)6-4-12/h3-9H,10H2,1-2H3,(H,23,24,25,26). The highest BCUT2D eigenvalue weighted by Gasteiger charge is 2.23. The second kappa shape index (κ2) is 9.35. The Labute approximate surface area is 181 Å². The van der Waals surface area contributed by atoms with Gasteiger partial charge >= 0.3 is 0 Å². The molecule has 1 N–H and O–H groups in total. The molecule has 2 amide bonds. The number of methoxy groups -OCH3 is 1. The van der Waals surface area contributed by atoms with Crippen molar-refractivity contribution in [3.63, 3.8) is 0 Å². The van der Waals surface area contributed by atoms with Gasteiger partial charge in [0.05, 0.1) is 17.0 Å². The molecule has 2 aromatic rings. The van der Waals surface area contributed by atoms with Crippen molar-refractivity contribution in [1.82, 2.24) is 5.32 Å². The summed E-state index contributed by atoms with van der Waals surface area (Å²) in [5.74, 6) is 0.0951. The Morgan fingerprint density at radius 3 is 2.62 bits per heavy atom. The normalized spacial score (nSPS) is 14.7. The monoisotopic (exact) mass is 450 g/mol. The van der Waals surface area contributed by atoms with Crippen molar-refractivity contribution in [2.75, 3.05) is 7.11 Å². The van der Waals surface area contributed by atoms with Crippen LogP contribution < -0.4 is 14.8 Å². The molecule has 0 saturated carbocycles. The second-order valence-corrected chi connectivity index (χ2v) is 7.84. The molecule has 29 heavy (non-hydrogen) atoms. The lowest BCUT2D eigenvalue weighted by Gasteiger charge is -2.13. The van der Waals surface area contributed by atoms with Crippen molar-refractivity contribution in [3.05, 3.63) is 62.5 Å². The van der Waals surface area contributed by atoms with Gasteiger partial charge in [-0.25, -0.2) is 0 Å². The first-order chi connectivity index (χ1) is 13.9. The van der Waals surface area contributed by atoms with E-state index in [-0.39, 0.29) is 17.7 Å². The number of ether oxygens (including phenoxy) is 2. The molecule has 1 heterocycles. The molecule has 2 aromatic carbocycles. The molecule has 0 unspecified atom stereocenters. The van der Waals surface area contributed by atoms with Gasteiger partial charge in [0.15, 0.2) is 16.7 Å². The highest BCUT2D eigenvalue weighted by molar-refractivity contribution is 8.18. The first kappa shape index (κ1) is 21.2. The third-order valence-corrected chi connectivity index (χ3v) is 5.18. The highest BCUT2D eigenvalue weighted by Crippen LogP contribution is 2.38. The van der Waals surface area contributed by atoms with E-state index in [0.717, 1.165) is 17.3 Å². The Morgan fingerprint density at radius 2 is 1.97 bits per heavy atom. The Hall–Kier alpha value is -2.48. The van der Waals surface area contributed by atoms with E-state index in [4.69, 9.17) is 32.7 Å². The topological polar surface area (TPSA) is 77.0 Å². The lowest BCUT2D eigenvalue weighted by molar-refractivity contribution is -0.117. The summed E-state index contributed by atoms with van der Waals surface area (Å²) in [6.07, 6.45) is 1.63. The van der Waals surface area contributed by atoms with Gasteiger partial charge in [0.1, 0.15) is 6.61 Å². The number of benzene rings is 2. The second-order valence-electron chi connectivity index (χ2n) is 5.96. The molecule has 1 aliphatic rings. The van der Waals surface area contributed by atoms with Crippen LogP contribution in [0.1, 0.15) is 18.1 Å². The van der Waals surface area contributed by atoms with Crippen LogP contribution >= 0.6 is 35.0 Å². The largest absolute Gasteiger partial charge is 0.493 e. The molecule has 6 nitrogen and oxygen atoms in total. The van der Waals surface area contributed by atoms with Gasteiger partial charge in [0.2, 0.25) is 5.91 Å². The van der Waals surface area contributed by atoms with E-state index < -0.39 is 5.91 Å². The maximum Gasteiger partial charge on any atom is 0.286 e. The van der Waals surface area contributed by atoms with Gasteiger partial charge in [0, 0.05) is 11.9 Å². The fraction of sp³-hybridized carbons (Fsp3) is 0.150. The molecule has 0 saturated heterocycles. The fourth-order valence-corrected chi connectivity index (χ4v) is 3.72. The maximum absolute atomic E-state index is 12.0. The predicted octanol–water partition coefficient (Wildman–Crippen LogP) is 4.69. The average molecular weight is 451 g/mol. The van der Waals surface area contributed by atoms with Crippen LogP contribution in [0.4, 0.5) is 0 Å². The molecule has 0 aromatic heterocycles. The van der Waals surface area contributed by atoms with E-state index in [1.807, 2.05) is 12.1 Å². The maximum atomic E-state index is 12.0. The average Bonchev–Trinajstić information content (AvgIpc) is 2.99. The Morgan fingerprint density at radius 1 is 1.24 bits per heavy atom. The number of amidine groups is 1. The Kier molecular flexibility index (Phi) is 6.84. The minimum atomic E-state index is -0.433. The van der Waals surface area contributed by atoms with Crippen LogP contribution in [0.15, 0.2) is 46.3 Å². The Balaban J connectivity index is 1.79. The minimum Gasteiger partial charge on any atom is -0.493 e. The third kappa shape index (κ3) is 5.53. The van der Waals surface area contributed by atoms with Gasteiger partial charge in [-0.1, -0.05) is 35.3 Å². The zero-order valence-corrected chi connectivity index (χ0v) is 17.8. The van der Waals surface area contributed by atoms with Crippen LogP contribution in [0.2, 0.25) is 10.0 Å². The lowest BCUT2D eigenvalue weighted by atomic mass is 10.1. The zero-order chi connectivity index (χ0) is 21.0. The number of carbonyl (C=O) groups is 2. The summed E-state index contributed by atoms with van der Waals surface area (Å²) < 4.78 is 11.2. The summed E-state index contributed by atoms with van der Waals surface area (Å²) in [4.78, 5) is 27.3. The van der Waals surface area contributed by atoms with Crippen LogP contribution in [0.25, 0.3) is 6.08 Å². The summed E-state index contributed by atoms with van der Waals surface area (Å²) >= 11 is 13.4. The predicted molar refractivity (Wildman–Crippen MR) is 116 cm³/mol. The van der Waals surface area contributed by atoms with Crippen molar-refractivity contribution in [3.8, 4) is 11.5 Å². The number of thioether (sulfide) groups is 1. The molecule has 0 fully saturated rings. The van der Waals surface area contributed by atoms with E-state index in [1.165, 1.54) is 14.0 Å². The molecule has 0 aliphatic carbocycles. The molecular formula is C20H16Cl2N2O4S. The van der Waals surface area contributed by atoms with E-state index in [2.05, 4.69) is 10.3 Å². The van der Waals surface area contributed by atoms with Crippen LogP contribution in [-0.2, 0) is 16.2 Å². The van der Waals surface area contributed by atoms with Crippen molar-refractivity contribution >= 4 is 58.0 Å². The first-order valence-corrected chi connectivity index (χ1v) is 9.98. The lowest BCUT2D eigenvalue weighted by Crippen LogP contribution is -2.23. The number of carbonyl (C=O) groups excluding carboxylic acids is 2. The molecule has 0 spiro atoms. The van der Waals surface area contributed by atoms with Crippen LogP contribution in [0, 0.1) is 0 Å². The van der Waals surface area contributed by atoms with Crippen molar-refractivity contribution in [2.24, 2.45) is 4.99 Å². The van der Waals surface area contributed by atoms with E-state index in [1.54, 1.807) is 30.3 Å². The molecule has 0 atom stereocenters. The SMILES string of the molecule is COc1cc(C=C2SC(NC(C)=O)=NC2=O)cc(Cl)c1OCc1ccc(Cl)cc1. The quantitative estimate of drug-likeness (QED) is 0.668. The number of nitrogens with one attached hydrogen (secondary N) is 1. The van der Waals surface area contributed by atoms with Crippen LogP contribution in [0.5, 0.6) is 11.5 Å². The smallest absolute Gasteiger partial charge is 0.286 e. The Bertz CT molecular complexity index is 1020. The van der Waals surface area contributed by atoms with Crippen molar-refractivity contribution in [2.45, 2.75) is 13.5 Å². The van der Waals surface area contributed by atoms with Gasteiger partial charge in [0.25, 0.3) is 5.91 Å². The fourth-order valence-electron chi connectivity index (χ4n) is 2.46. The summed E-state index contributed by atoms with van der Waals surface area (Å²) in [7, 11) is 1.51. The number of hydrogen-bond donors (Lipinski definition) is 1. The summed E-state index contributed by atoms with van der Waals surface area (Å²) in [6.45, 7) is 1.64. The summed E-state index contributed by atoms with van der Waals surface area (Å²) in [5, 5.41) is 3.73. The van der Waals surface area contributed by atoms with Gasteiger partial charge < -0.3 is 14.8 Å². The zero-order valence-electron chi connectivity index (χ0n) is 15.5. The number of hydrogen-bond acceptors (Lipinski definition) is 5. The highest BCUT2D eigenvalue weighted by atomic mass is 35.5. The summed E-state index contributed by atoms with van der Waals surface area (Å²) in [5.41, 5.74) is 1.56. The van der Waals surface area contributed by atoms with Crippen molar-refractivity contribution in [1.29, 1.82) is 0 Å². The van der Waals surface area contributed by atoms with Crippen LogP contribution in [0.3, 0.4) is 0 Å². The number of rotatable bonds is 5. The number of aliphatic imine (C=N–C) groups is 1. The third-order valence-electron chi connectivity index (χ3n) is 3.75. The number of halogens is 2. The molecule has 3 rings (SSSR count). The minimum absolute atomic E-state index is 0.245. The van der Waals surface area contributed by atoms with Gasteiger partial charge in [-0.05, 0) is 53.2 Å². The molecule has 0 bridgehead atoms. The molecule has 1 aliphatic heterocycles. The van der Waals surface area contributed by atoms with Gasteiger partial charge in [-0.15, -0.1) is 0 Å².